The second kappa shape index (κ2) is 11.4. The summed E-state index contributed by atoms with van der Waals surface area (Å²) in [4.78, 5) is 0. The lowest BCUT2D eigenvalue weighted by molar-refractivity contribution is -0.00121. The molecule has 0 heterocycles. The van der Waals surface area contributed by atoms with Crippen LogP contribution in [0.4, 0.5) is 0 Å². The van der Waals surface area contributed by atoms with Crippen molar-refractivity contribution < 1.29 is 18.9 Å². The standard InChI is InChI=1S/C41H40O4/c1-6-7-24-45-40(2)36-11-9-8-10-33(36)34-20-21-35-37(44-5)25-27-26-41(23-22-32(27)38(35)39(34)40,28-12-16-30(42-3)17-13-28)29-14-18-31(43-4)19-15-29/h8-23,25H,6-7,24,26H2,1-5H3. The fourth-order valence-corrected chi connectivity index (χ4v) is 7.55. The molecule has 0 radical (unpaired) electrons. The molecule has 228 valence electrons. The van der Waals surface area contributed by atoms with Crippen LogP contribution in [0.15, 0.2) is 97.1 Å². The van der Waals surface area contributed by atoms with Crippen molar-refractivity contribution >= 4 is 16.8 Å². The van der Waals surface area contributed by atoms with E-state index in [4.69, 9.17) is 18.9 Å². The van der Waals surface area contributed by atoms with Crippen LogP contribution in [0.25, 0.3) is 28.0 Å². The van der Waals surface area contributed by atoms with Crippen LogP contribution >= 0.6 is 0 Å². The Balaban J connectivity index is 1.48. The molecule has 4 nitrogen and oxygen atoms in total. The SMILES string of the molecule is CCCCOC1(C)c2ccccc2-c2ccc3c(OC)cc4c(c3c21)C=CC(c1ccc(OC)cc1)(c1ccc(OC)cc1)C4. The van der Waals surface area contributed by atoms with Gasteiger partial charge >= 0.3 is 0 Å². The first kappa shape index (κ1) is 29.2. The highest BCUT2D eigenvalue weighted by Gasteiger charge is 2.43. The Kier molecular flexibility index (Phi) is 7.41. The van der Waals surface area contributed by atoms with E-state index in [1.165, 1.54) is 49.9 Å². The monoisotopic (exact) mass is 596 g/mol. The summed E-state index contributed by atoms with van der Waals surface area (Å²) >= 11 is 0. The molecule has 0 bridgehead atoms. The first-order valence-corrected chi connectivity index (χ1v) is 15.9. The fourth-order valence-electron chi connectivity index (χ4n) is 7.55. The molecule has 2 aliphatic rings. The highest BCUT2D eigenvalue weighted by atomic mass is 16.5. The van der Waals surface area contributed by atoms with Gasteiger partial charge in [-0.3, -0.25) is 0 Å². The fraction of sp³-hybridized carbons (Fsp3) is 0.268. The normalized spacial score (nSPS) is 17.4. The van der Waals surface area contributed by atoms with Crippen LogP contribution in [-0.4, -0.2) is 27.9 Å². The van der Waals surface area contributed by atoms with Crippen molar-refractivity contribution in [3.05, 3.63) is 130 Å². The Hall–Kier alpha value is -4.54. The minimum atomic E-state index is -0.574. The zero-order chi connectivity index (χ0) is 31.2. The summed E-state index contributed by atoms with van der Waals surface area (Å²) < 4.78 is 24.1. The summed E-state index contributed by atoms with van der Waals surface area (Å²) in [6.07, 6.45) is 7.61. The molecule has 7 rings (SSSR count). The Bertz CT molecular complexity index is 1850. The molecule has 5 aromatic rings. The number of unbranched alkanes of at least 4 members (excludes halogenated alkanes) is 1. The van der Waals surface area contributed by atoms with Crippen molar-refractivity contribution in [1.82, 2.24) is 0 Å². The van der Waals surface area contributed by atoms with E-state index in [1.807, 2.05) is 24.3 Å². The van der Waals surface area contributed by atoms with Crippen molar-refractivity contribution in [1.29, 1.82) is 0 Å². The molecule has 5 aromatic carbocycles. The van der Waals surface area contributed by atoms with Crippen LogP contribution in [0.5, 0.6) is 17.2 Å². The Morgan fingerprint density at radius 1 is 0.733 bits per heavy atom. The number of fused-ring (bicyclic) bond motifs is 7. The second-order valence-corrected chi connectivity index (χ2v) is 12.3. The van der Waals surface area contributed by atoms with Gasteiger partial charge in [-0.05, 0) is 100 Å². The van der Waals surface area contributed by atoms with Gasteiger partial charge in [0, 0.05) is 23.0 Å². The quantitative estimate of drug-likeness (QED) is 0.159. The molecular weight excluding hydrogens is 556 g/mol. The topological polar surface area (TPSA) is 36.9 Å². The highest BCUT2D eigenvalue weighted by molar-refractivity contribution is 6.05. The predicted molar refractivity (Wildman–Crippen MR) is 183 cm³/mol. The van der Waals surface area contributed by atoms with E-state index < -0.39 is 11.0 Å². The van der Waals surface area contributed by atoms with Crippen LogP contribution in [0.2, 0.25) is 0 Å². The molecule has 0 saturated heterocycles. The van der Waals surface area contributed by atoms with Crippen LogP contribution in [0.3, 0.4) is 0 Å². The second-order valence-electron chi connectivity index (χ2n) is 12.3. The van der Waals surface area contributed by atoms with E-state index in [-0.39, 0.29) is 0 Å². The van der Waals surface area contributed by atoms with Gasteiger partial charge in [-0.25, -0.2) is 0 Å². The molecule has 1 atom stereocenters. The first-order valence-electron chi connectivity index (χ1n) is 15.9. The van der Waals surface area contributed by atoms with Gasteiger partial charge < -0.3 is 18.9 Å². The van der Waals surface area contributed by atoms with Gasteiger partial charge in [0.2, 0.25) is 0 Å². The number of benzene rings is 5. The van der Waals surface area contributed by atoms with Crippen LogP contribution < -0.4 is 14.2 Å². The number of allylic oxidation sites excluding steroid dienone is 1. The lowest BCUT2D eigenvalue weighted by Crippen LogP contribution is -2.31. The summed E-state index contributed by atoms with van der Waals surface area (Å²) in [5.41, 5.74) is 8.86. The molecular formula is C41H40O4. The number of hydrogen-bond acceptors (Lipinski definition) is 4. The summed E-state index contributed by atoms with van der Waals surface area (Å²) in [7, 11) is 5.19. The molecule has 1 unspecified atom stereocenters. The average Bonchev–Trinajstić information content (AvgIpc) is 3.35. The van der Waals surface area contributed by atoms with E-state index in [2.05, 4.69) is 92.7 Å². The molecule has 0 N–H and O–H groups in total. The number of methoxy groups -OCH3 is 3. The van der Waals surface area contributed by atoms with Gasteiger partial charge in [0.15, 0.2) is 0 Å². The minimum absolute atomic E-state index is 0.397. The van der Waals surface area contributed by atoms with Gasteiger partial charge in [-0.2, -0.15) is 0 Å². The average molecular weight is 597 g/mol. The van der Waals surface area contributed by atoms with E-state index in [0.717, 1.165) is 41.9 Å². The zero-order valence-corrected chi connectivity index (χ0v) is 26.8. The van der Waals surface area contributed by atoms with Crippen molar-refractivity contribution in [3.63, 3.8) is 0 Å². The predicted octanol–water partition coefficient (Wildman–Crippen LogP) is 9.48. The van der Waals surface area contributed by atoms with Crippen LogP contribution in [0.1, 0.15) is 60.1 Å². The van der Waals surface area contributed by atoms with Gasteiger partial charge in [-0.1, -0.05) is 80.1 Å². The van der Waals surface area contributed by atoms with E-state index in [0.29, 0.717) is 6.61 Å². The summed E-state index contributed by atoms with van der Waals surface area (Å²) in [6.45, 7) is 5.17. The van der Waals surface area contributed by atoms with Crippen LogP contribution in [-0.2, 0) is 22.2 Å². The lowest BCUT2D eigenvalue weighted by Gasteiger charge is -2.37. The third-order valence-electron chi connectivity index (χ3n) is 9.92. The lowest BCUT2D eigenvalue weighted by atomic mass is 9.66. The number of rotatable bonds is 9. The molecule has 0 aliphatic heterocycles. The van der Waals surface area contributed by atoms with Gasteiger partial charge in [0.05, 0.1) is 21.3 Å². The third kappa shape index (κ3) is 4.54. The molecule has 2 aliphatic carbocycles. The first-order chi connectivity index (χ1) is 22.0. The van der Waals surface area contributed by atoms with Gasteiger partial charge in [-0.15, -0.1) is 0 Å². The molecule has 45 heavy (non-hydrogen) atoms. The summed E-state index contributed by atoms with van der Waals surface area (Å²) in [6, 6.07) is 32.4. The zero-order valence-electron chi connectivity index (χ0n) is 26.8. The van der Waals surface area contributed by atoms with Crippen LogP contribution in [0, 0.1) is 0 Å². The number of hydrogen-bond donors (Lipinski definition) is 0. The maximum Gasteiger partial charge on any atom is 0.127 e. The Morgan fingerprint density at radius 3 is 2.02 bits per heavy atom. The maximum absolute atomic E-state index is 6.89. The molecule has 4 heteroatoms. The van der Waals surface area contributed by atoms with Gasteiger partial charge in [0.1, 0.15) is 22.8 Å². The highest BCUT2D eigenvalue weighted by Crippen LogP contribution is 2.55. The van der Waals surface area contributed by atoms with Crippen molar-refractivity contribution in [3.8, 4) is 28.4 Å². The summed E-state index contributed by atoms with van der Waals surface area (Å²) in [5, 5.41) is 2.32. The van der Waals surface area contributed by atoms with E-state index >= 15 is 0 Å². The van der Waals surface area contributed by atoms with Crippen molar-refractivity contribution in [2.45, 2.75) is 44.1 Å². The third-order valence-corrected chi connectivity index (χ3v) is 9.92. The molecule has 0 amide bonds. The summed E-state index contributed by atoms with van der Waals surface area (Å²) in [5.74, 6) is 2.56. The van der Waals surface area contributed by atoms with E-state index in [1.54, 1.807) is 21.3 Å². The Labute approximate surface area is 266 Å². The smallest absolute Gasteiger partial charge is 0.127 e. The van der Waals surface area contributed by atoms with E-state index in [9.17, 15) is 0 Å². The maximum atomic E-state index is 6.89. The molecule has 0 spiro atoms. The number of ether oxygens (including phenoxy) is 4. The molecule has 0 aromatic heterocycles. The van der Waals surface area contributed by atoms with Crippen molar-refractivity contribution in [2.75, 3.05) is 27.9 Å². The van der Waals surface area contributed by atoms with Gasteiger partial charge in [0.25, 0.3) is 0 Å². The van der Waals surface area contributed by atoms with Crippen molar-refractivity contribution in [2.24, 2.45) is 0 Å². The Morgan fingerprint density at radius 2 is 1.40 bits per heavy atom. The minimum Gasteiger partial charge on any atom is -0.497 e. The molecule has 0 fully saturated rings. The largest absolute Gasteiger partial charge is 0.497 e. The molecule has 0 saturated carbocycles.